The zero-order valence-corrected chi connectivity index (χ0v) is 13.4. The lowest BCUT2D eigenvalue weighted by Crippen LogP contribution is -2.43. The first-order chi connectivity index (χ1) is 9.86. The van der Waals surface area contributed by atoms with E-state index in [1.54, 1.807) is 0 Å². The van der Waals surface area contributed by atoms with Gasteiger partial charge in [0.05, 0.1) is 0 Å². The van der Waals surface area contributed by atoms with Gasteiger partial charge in [-0.3, -0.25) is 0 Å². The first-order valence-electron chi connectivity index (χ1n) is 8.32. The molecule has 3 rings (SSSR count). The monoisotopic (exact) mass is 292 g/mol. The zero-order valence-electron chi connectivity index (χ0n) is 12.6. The molecule has 2 nitrogen and oxygen atoms in total. The van der Waals surface area contributed by atoms with Gasteiger partial charge in [-0.05, 0) is 55.6 Å². The van der Waals surface area contributed by atoms with Gasteiger partial charge in [0.25, 0.3) is 0 Å². The fourth-order valence-corrected chi connectivity index (χ4v) is 4.59. The van der Waals surface area contributed by atoms with Crippen molar-refractivity contribution in [1.29, 1.82) is 0 Å². The highest BCUT2D eigenvalue weighted by Gasteiger charge is 2.35. The number of hydrogen-bond acceptors (Lipinski definition) is 3. The summed E-state index contributed by atoms with van der Waals surface area (Å²) in [7, 11) is 0. The van der Waals surface area contributed by atoms with Crippen molar-refractivity contribution in [2.24, 2.45) is 5.41 Å². The molecule has 20 heavy (non-hydrogen) atoms. The van der Waals surface area contributed by atoms with E-state index in [9.17, 15) is 0 Å². The van der Waals surface area contributed by atoms with Crippen LogP contribution in [0.25, 0.3) is 0 Å². The number of nitrogens with one attached hydrogen (secondary N) is 1. The number of piperidine rings is 1. The van der Waals surface area contributed by atoms with E-state index in [0.29, 0.717) is 0 Å². The summed E-state index contributed by atoms with van der Waals surface area (Å²) in [6.07, 6.45) is 10.4. The molecule has 1 spiro atoms. The quantitative estimate of drug-likeness (QED) is 0.828. The second-order valence-corrected chi connectivity index (χ2v) is 7.69. The number of nitrogens with zero attached hydrogens (tertiary/aromatic N) is 1. The van der Waals surface area contributed by atoms with E-state index in [1.807, 2.05) is 11.3 Å². The Morgan fingerprint density at radius 2 is 1.90 bits per heavy atom. The largest absolute Gasteiger partial charge is 0.311 e. The van der Waals surface area contributed by atoms with E-state index in [4.69, 9.17) is 0 Å². The average molecular weight is 292 g/mol. The maximum atomic E-state index is 3.57. The van der Waals surface area contributed by atoms with Crippen LogP contribution in [-0.4, -0.2) is 31.1 Å². The van der Waals surface area contributed by atoms with Crippen molar-refractivity contribution in [1.82, 2.24) is 10.2 Å². The third-order valence-corrected chi connectivity index (χ3v) is 6.19. The summed E-state index contributed by atoms with van der Waals surface area (Å²) in [5.74, 6) is 0. The van der Waals surface area contributed by atoms with Crippen LogP contribution in [0, 0.1) is 5.41 Å². The Hall–Kier alpha value is -0.380. The van der Waals surface area contributed by atoms with Crippen LogP contribution >= 0.6 is 11.3 Å². The molecule has 1 aliphatic heterocycles. The lowest BCUT2D eigenvalue weighted by molar-refractivity contribution is 0.0683. The van der Waals surface area contributed by atoms with Gasteiger partial charge in [-0.1, -0.05) is 25.3 Å². The lowest BCUT2D eigenvalue weighted by atomic mass is 9.68. The summed E-state index contributed by atoms with van der Waals surface area (Å²) in [4.78, 5) is 4.12. The molecule has 1 saturated carbocycles. The van der Waals surface area contributed by atoms with Gasteiger partial charge in [-0.25, -0.2) is 0 Å². The number of thiophene rings is 1. The Bertz CT molecular complexity index is 372. The van der Waals surface area contributed by atoms with E-state index >= 15 is 0 Å². The number of rotatable bonds is 5. The van der Waals surface area contributed by atoms with Crippen molar-refractivity contribution >= 4 is 11.3 Å². The van der Waals surface area contributed by atoms with E-state index in [2.05, 4.69) is 27.7 Å². The van der Waals surface area contributed by atoms with E-state index in [1.165, 1.54) is 69.5 Å². The van der Waals surface area contributed by atoms with Crippen LogP contribution in [0.3, 0.4) is 0 Å². The van der Waals surface area contributed by atoms with Crippen LogP contribution in [0.5, 0.6) is 0 Å². The minimum absolute atomic E-state index is 0.749. The molecule has 2 heterocycles. The molecule has 0 aromatic carbocycles. The van der Waals surface area contributed by atoms with Crippen molar-refractivity contribution in [3.63, 3.8) is 0 Å². The average Bonchev–Trinajstić information content (AvgIpc) is 3.00. The minimum atomic E-state index is 0.749. The molecule has 112 valence electrons. The van der Waals surface area contributed by atoms with Crippen LogP contribution in [0.1, 0.15) is 49.8 Å². The Balaban J connectivity index is 1.32. The Morgan fingerprint density at radius 3 is 2.60 bits per heavy atom. The van der Waals surface area contributed by atoms with Gasteiger partial charge in [0.2, 0.25) is 0 Å². The summed E-state index contributed by atoms with van der Waals surface area (Å²) in [5, 5.41) is 5.73. The summed E-state index contributed by atoms with van der Waals surface area (Å²) in [6, 6.07) is 4.35. The van der Waals surface area contributed by atoms with Gasteiger partial charge in [0.15, 0.2) is 0 Å². The van der Waals surface area contributed by atoms with Gasteiger partial charge < -0.3 is 10.2 Å². The number of likely N-dealkylation sites (tertiary alicyclic amines) is 1. The molecule has 2 aliphatic rings. The van der Waals surface area contributed by atoms with E-state index in [0.717, 1.165) is 18.5 Å². The molecule has 0 unspecified atom stereocenters. The molecule has 1 saturated heterocycles. The predicted octanol–water partition coefficient (Wildman–Crippen LogP) is 3.88. The maximum absolute atomic E-state index is 3.57. The van der Waals surface area contributed by atoms with Crippen LogP contribution in [-0.2, 0) is 6.54 Å². The fourth-order valence-electron chi connectivity index (χ4n) is 3.91. The highest BCUT2D eigenvalue weighted by Crippen LogP contribution is 2.44. The van der Waals surface area contributed by atoms with Gasteiger partial charge >= 0.3 is 0 Å². The van der Waals surface area contributed by atoms with Gasteiger partial charge in [0, 0.05) is 24.5 Å². The van der Waals surface area contributed by atoms with Crippen molar-refractivity contribution in [2.45, 2.75) is 51.5 Å². The van der Waals surface area contributed by atoms with Crippen molar-refractivity contribution in [2.75, 3.05) is 26.2 Å². The highest BCUT2D eigenvalue weighted by molar-refractivity contribution is 7.09. The Kier molecular flexibility index (Phi) is 5.14. The molecule has 0 amide bonds. The van der Waals surface area contributed by atoms with Crippen molar-refractivity contribution in [3.05, 3.63) is 22.4 Å². The molecule has 1 aliphatic carbocycles. The normalized spacial score (nSPS) is 23.2. The summed E-state index contributed by atoms with van der Waals surface area (Å²) < 4.78 is 0. The summed E-state index contributed by atoms with van der Waals surface area (Å²) in [6.45, 7) is 6.06. The SMILES string of the molecule is c1csc(CNCCN2CCC3(CCCCC3)CC2)c1. The topological polar surface area (TPSA) is 15.3 Å². The molecular formula is C17H28N2S. The zero-order chi connectivity index (χ0) is 13.7. The molecule has 1 aromatic rings. The molecular weight excluding hydrogens is 264 g/mol. The molecule has 0 atom stereocenters. The Labute approximate surface area is 127 Å². The number of hydrogen-bond donors (Lipinski definition) is 1. The van der Waals surface area contributed by atoms with Gasteiger partial charge in [-0.15, -0.1) is 11.3 Å². The van der Waals surface area contributed by atoms with Crippen molar-refractivity contribution < 1.29 is 0 Å². The molecule has 1 N–H and O–H groups in total. The standard InChI is InChI=1S/C17H28N2S/c1-2-6-17(7-3-1)8-11-19(12-9-17)13-10-18-15-16-5-4-14-20-16/h4-5,14,18H,1-3,6-13,15H2. The van der Waals surface area contributed by atoms with Crippen LogP contribution in [0.4, 0.5) is 0 Å². The molecule has 0 radical (unpaired) electrons. The minimum Gasteiger partial charge on any atom is -0.311 e. The van der Waals surface area contributed by atoms with Gasteiger partial charge in [-0.2, -0.15) is 0 Å². The molecule has 1 aromatic heterocycles. The highest BCUT2D eigenvalue weighted by atomic mass is 32.1. The van der Waals surface area contributed by atoms with Gasteiger partial charge in [0.1, 0.15) is 0 Å². The first-order valence-corrected chi connectivity index (χ1v) is 9.20. The summed E-state index contributed by atoms with van der Waals surface area (Å²) >= 11 is 1.85. The fraction of sp³-hybridized carbons (Fsp3) is 0.765. The molecule has 0 bridgehead atoms. The van der Waals surface area contributed by atoms with Crippen LogP contribution in [0.2, 0.25) is 0 Å². The van der Waals surface area contributed by atoms with Crippen LogP contribution in [0.15, 0.2) is 17.5 Å². The lowest BCUT2D eigenvalue weighted by Gasteiger charge is -2.44. The van der Waals surface area contributed by atoms with E-state index < -0.39 is 0 Å². The van der Waals surface area contributed by atoms with Crippen molar-refractivity contribution in [3.8, 4) is 0 Å². The second-order valence-electron chi connectivity index (χ2n) is 6.66. The third kappa shape index (κ3) is 3.84. The smallest absolute Gasteiger partial charge is 0.0300 e. The predicted molar refractivity (Wildman–Crippen MR) is 87.2 cm³/mol. The summed E-state index contributed by atoms with van der Waals surface area (Å²) in [5.41, 5.74) is 0.749. The molecule has 2 fully saturated rings. The first kappa shape index (κ1) is 14.6. The van der Waals surface area contributed by atoms with Crippen LogP contribution < -0.4 is 5.32 Å². The van der Waals surface area contributed by atoms with E-state index in [-0.39, 0.29) is 0 Å². The maximum Gasteiger partial charge on any atom is 0.0300 e. The second kappa shape index (κ2) is 7.06. The Morgan fingerprint density at radius 1 is 1.10 bits per heavy atom. The molecule has 3 heteroatoms. The third-order valence-electron chi connectivity index (χ3n) is 5.32.